The van der Waals surface area contributed by atoms with Crippen LogP contribution in [0.4, 0.5) is 0 Å². The highest BCUT2D eigenvalue weighted by atomic mass is 16.1. The molecule has 2 nitrogen and oxygen atoms in total. The standard InChI is InChI=1S/C20H25NO/c1-4-17-12-18-19(6-5-7-20(18)22)21(17)13-15-8-10-16(11-9-15)14(2)3/h8-12,14H,4-7,13H2,1-3H3. The normalized spacial score (nSPS) is 14.5. The molecule has 0 spiro atoms. The third-order valence-electron chi connectivity index (χ3n) is 4.76. The number of hydrogen-bond donors (Lipinski definition) is 0. The molecular weight excluding hydrogens is 270 g/mol. The van der Waals surface area contributed by atoms with Crippen LogP contribution in [-0.2, 0) is 19.4 Å². The van der Waals surface area contributed by atoms with E-state index in [9.17, 15) is 4.79 Å². The average molecular weight is 295 g/mol. The molecule has 0 bridgehead atoms. The fraction of sp³-hybridized carbons (Fsp3) is 0.450. The Hall–Kier alpha value is -1.83. The van der Waals surface area contributed by atoms with Crippen molar-refractivity contribution in [3.8, 4) is 0 Å². The Labute approximate surface area is 133 Å². The fourth-order valence-corrected chi connectivity index (χ4v) is 3.39. The zero-order valence-corrected chi connectivity index (χ0v) is 13.9. The van der Waals surface area contributed by atoms with Crippen molar-refractivity contribution in [2.45, 2.75) is 58.9 Å². The Balaban J connectivity index is 1.93. The molecule has 2 aromatic rings. The molecule has 3 rings (SSSR count). The van der Waals surface area contributed by atoms with Crippen molar-refractivity contribution in [3.05, 3.63) is 58.4 Å². The van der Waals surface area contributed by atoms with Crippen molar-refractivity contribution in [2.24, 2.45) is 0 Å². The zero-order valence-electron chi connectivity index (χ0n) is 13.9. The van der Waals surface area contributed by atoms with Gasteiger partial charge in [0.2, 0.25) is 0 Å². The number of aromatic nitrogens is 1. The molecular formula is C20H25NO. The lowest BCUT2D eigenvalue weighted by Gasteiger charge is -2.17. The molecule has 0 aliphatic heterocycles. The first-order chi connectivity index (χ1) is 10.6. The highest BCUT2D eigenvalue weighted by molar-refractivity contribution is 5.98. The Morgan fingerprint density at radius 2 is 1.86 bits per heavy atom. The number of rotatable bonds is 4. The van der Waals surface area contributed by atoms with Gasteiger partial charge in [0, 0.05) is 29.9 Å². The molecule has 0 fully saturated rings. The van der Waals surface area contributed by atoms with Crippen molar-refractivity contribution in [1.82, 2.24) is 4.57 Å². The Morgan fingerprint density at radius 3 is 2.50 bits per heavy atom. The van der Waals surface area contributed by atoms with E-state index in [0.717, 1.165) is 31.4 Å². The molecule has 116 valence electrons. The van der Waals surface area contributed by atoms with Crippen molar-refractivity contribution >= 4 is 5.78 Å². The summed E-state index contributed by atoms with van der Waals surface area (Å²) in [4.78, 5) is 12.1. The van der Waals surface area contributed by atoms with Crippen molar-refractivity contribution < 1.29 is 4.79 Å². The van der Waals surface area contributed by atoms with E-state index < -0.39 is 0 Å². The van der Waals surface area contributed by atoms with Gasteiger partial charge >= 0.3 is 0 Å². The third kappa shape index (κ3) is 2.75. The number of hydrogen-bond acceptors (Lipinski definition) is 1. The molecule has 0 saturated carbocycles. The number of carbonyl (C=O) groups excluding carboxylic acids is 1. The highest BCUT2D eigenvalue weighted by Gasteiger charge is 2.23. The third-order valence-corrected chi connectivity index (χ3v) is 4.76. The number of carbonyl (C=O) groups is 1. The van der Waals surface area contributed by atoms with Gasteiger partial charge in [0.15, 0.2) is 5.78 Å². The van der Waals surface area contributed by atoms with Crippen LogP contribution in [0.25, 0.3) is 0 Å². The summed E-state index contributed by atoms with van der Waals surface area (Å²) in [6, 6.07) is 11.0. The molecule has 0 unspecified atom stereocenters. The number of fused-ring (bicyclic) bond motifs is 1. The lowest BCUT2D eigenvalue weighted by molar-refractivity contribution is 0.0972. The van der Waals surface area contributed by atoms with Crippen LogP contribution >= 0.6 is 0 Å². The van der Waals surface area contributed by atoms with Crippen molar-refractivity contribution in [3.63, 3.8) is 0 Å². The fourth-order valence-electron chi connectivity index (χ4n) is 3.39. The number of ketones is 1. The van der Waals surface area contributed by atoms with Gasteiger partial charge in [-0.05, 0) is 42.4 Å². The number of benzene rings is 1. The average Bonchev–Trinajstić information content (AvgIpc) is 2.87. The highest BCUT2D eigenvalue weighted by Crippen LogP contribution is 2.27. The Kier molecular flexibility index (Phi) is 4.19. The largest absolute Gasteiger partial charge is 0.344 e. The van der Waals surface area contributed by atoms with Gasteiger partial charge in [0.25, 0.3) is 0 Å². The summed E-state index contributed by atoms with van der Waals surface area (Å²) >= 11 is 0. The summed E-state index contributed by atoms with van der Waals surface area (Å²) in [6.45, 7) is 7.49. The maximum atomic E-state index is 12.1. The lowest BCUT2D eigenvalue weighted by Crippen LogP contribution is -2.14. The quantitative estimate of drug-likeness (QED) is 0.798. The molecule has 1 aromatic carbocycles. The van der Waals surface area contributed by atoms with Gasteiger partial charge in [0.1, 0.15) is 0 Å². The Morgan fingerprint density at radius 1 is 1.14 bits per heavy atom. The molecule has 22 heavy (non-hydrogen) atoms. The molecule has 1 aliphatic carbocycles. The van der Waals surface area contributed by atoms with E-state index in [4.69, 9.17) is 0 Å². The van der Waals surface area contributed by atoms with Gasteiger partial charge in [-0.2, -0.15) is 0 Å². The van der Waals surface area contributed by atoms with Gasteiger partial charge < -0.3 is 4.57 Å². The summed E-state index contributed by atoms with van der Waals surface area (Å²) in [5.74, 6) is 0.891. The summed E-state index contributed by atoms with van der Waals surface area (Å²) < 4.78 is 2.37. The maximum absolute atomic E-state index is 12.1. The number of Topliss-reactive ketones (excluding diaryl/α,β-unsaturated/α-hetero) is 1. The lowest BCUT2D eigenvalue weighted by atomic mass is 9.96. The summed E-state index contributed by atoms with van der Waals surface area (Å²) in [7, 11) is 0. The smallest absolute Gasteiger partial charge is 0.164 e. The molecule has 1 aliphatic rings. The van der Waals surface area contributed by atoms with Crippen LogP contribution in [0.5, 0.6) is 0 Å². The molecule has 1 aromatic heterocycles. The first kappa shape index (κ1) is 15.1. The minimum absolute atomic E-state index is 0.324. The van der Waals surface area contributed by atoms with E-state index in [0.29, 0.717) is 18.1 Å². The van der Waals surface area contributed by atoms with Crippen LogP contribution < -0.4 is 0 Å². The predicted octanol–water partition coefficient (Wildman–Crippen LogP) is 4.74. The van der Waals surface area contributed by atoms with E-state index in [-0.39, 0.29) is 0 Å². The molecule has 0 N–H and O–H groups in total. The second-order valence-electron chi connectivity index (χ2n) is 6.61. The van der Waals surface area contributed by atoms with Crippen LogP contribution in [-0.4, -0.2) is 10.4 Å². The molecule has 0 saturated heterocycles. The van der Waals surface area contributed by atoms with Crippen LogP contribution in [0, 0.1) is 0 Å². The summed E-state index contributed by atoms with van der Waals surface area (Å²) in [6.07, 6.45) is 3.71. The van der Waals surface area contributed by atoms with Gasteiger partial charge in [-0.25, -0.2) is 0 Å². The van der Waals surface area contributed by atoms with Crippen LogP contribution in [0.1, 0.15) is 72.4 Å². The van der Waals surface area contributed by atoms with Gasteiger partial charge in [0.05, 0.1) is 0 Å². The summed E-state index contributed by atoms with van der Waals surface area (Å²) in [5.41, 5.74) is 6.20. The van der Waals surface area contributed by atoms with Gasteiger partial charge in [-0.1, -0.05) is 45.0 Å². The second kappa shape index (κ2) is 6.12. The Bertz CT molecular complexity index is 676. The number of aryl methyl sites for hydroxylation is 1. The van der Waals surface area contributed by atoms with Gasteiger partial charge in [-0.15, -0.1) is 0 Å². The topological polar surface area (TPSA) is 22.0 Å². The molecule has 2 heteroatoms. The number of nitrogens with zero attached hydrogens (tertiary/aromatic N) is 1. The monoisotopic (exact) mass is 295 g/mol. The van der Waals surface area contributed by atoms with E-state index >= 15 is 0 Å². The first-order valence-corrected chi connectivity index (χ1v) is 8.43. The van der Waals surface area contributed by atoms with E-state index in [1.807, 2.05) is 0 Å². The van der Waals surface area contributed by atoms with E-state index in [2.05, 4.69) is 55.7 Å². The molecule has 1 heterocycles. The SMILES string of the molecule is CCc1cc2c(n1Cc1ccc(C(C)C)cc1)CCCC2=O. The van der Waals surface area contributed by atoms with E-state index in [1.165, 1.54) is 22.5 Å². The second-order valence-corrected chi connectivity index (χ2v) is 6.61. The molecule has 0 radical (unpaired) electrons. The zero-order chi connectivity index (χ0) is 15.7. The first-order valence-electron chi connectivity index (χ1n) is 8.43. The minimum Gasteiger partial charge on any atom is -0.344 e. The molecule has 0 atom stereocenters. The summed E-state index contributed by atoms with van der Waals surface area (Å²) in [5, 5.41) is 0. The predicted molar refractivity (Wildman–Crippen MR) is 90.7 cm³/mol. The van der Waals surface area contributed by atoms with Crippen LogP contribution in [0.15, 0.2) is 30.3 Å². The van der Waals surface area contributed by atoms with Gasteiger partial charge in [-0.3, -0.25) is 4.79 Å². The van der Waals surface area contributed by atoms with Crippen molar-refractivity contribution in [1.29, 1.82) is 0 Å². The molecule has 0 amide bonds. The van der Waals surface area contributed by atoms with Crippen LogP contribution in [0.3, 0.4) is 0 Å². The van der Waals surface area contributed by atoms with E-state index in [1.54, 1.807) is 0 Å². The minimum atomic E-state index is 0.324. The van der Waals surface area contributed by atoms with Crippen LogP contribution in [0.2, 0.25) is 0 Å². The maximum Gasteiger partial charge on any atom is 0.164 e. The van der Waals surface area contributed by atoms with Crippen molar-refractivity contribution in [2.75, 3.05) is 0 Å².